The Morgan fingerprint density at radius 3 is 2.27 bits per heavy atom. The van der Waals surface area contributed by atoms with E-state index in [1.807, 2.05) is 12.1 Å². The van der Waals surface area contributed by atoms with Gasteiger partial charge in [-0.1, -0.05) is 26.0 Å². The molecule has 1 heteroatoms. The highest BCUT2D eigenvalue weighted by Gasteiger charge is 2.00. The van der Waals surface area contributed by atoms with Gasteiger partial charge in [-0.15, -0.1) is 0 Å². The van der Waals surface area contributed by atoms with E-state index >= 15 is 0 Å². The van der Waals surface area contributed by atoms with Crippen LogP contribution in [0.25, 0.3) is 0 Å². The summed E-state index contributed by atoms with van der Waals surface area (Å²) in [7, 11) is 0. The lowest BCUT2D eigenvalue weighted by Crippen LogP contribution is -1.89. The maximum Gasteiger partial charge on any atom is 0.115 e. The van der Waals surface area contributed by atoms with Gasteiger partial charge in [-0.2, -0.15) is 0 Å². The summed E-state index contributed by atoms with van der Waals surface area (Å²) in [6.07, 6.45) is 1.14. The number of phenols is 1. The van der Waals surface area contributed by atoms with Crippen LogP contribution in [0.3, 0.4) is 0 Å². The van der Waals surface area contributed by atoms with Gasteiger partial charge in [-0.3, -0.25) is 0 Å². The smallest absolute Gasteiger partial charge is 0.115 e. The van der Waals surface area contributed by atoms with Crippen LogP contribution in [-0.4, -0.2) is 5.11 Å². The van der Waals surface area contributed by atoms with E-state index in [9.17, 15) is 0 Å². The molecule has 1 atom stereocenters. The molecule has 0 spiro atoms. The van der Waals surface area contributed by atoms with Crippen molar-refractivity contribution in [2.24, 2.45) is 0 Å². The molecule has 11 heavy (non-hydrogen) atoms. The Hall–Kier alpha value is -0.980. The molecule has 1 N–H and O–H groups in total. The summed E-state index contributed by atoms with van der Waals surface area (Å²) in [4.78, 5) is 0. The van der Waals surface area contributed by atoms with Gasteiger partial charge in [-0.25, -0.2) is 0 Å². The molecule has 0 radical (unpaired) electrons. The molecule has 0 fully saturated rings. The Morgan fingerprint density at radius 2 is 1.82 bits per heavy atom. The average molecular weight is 150 g/mol. The van der Waals surface area contributed by atoms with Crippen molar-refractivity contribution in [1.29, 1.82) is 0 Å². The molecule has 1 aromatic rings. The maximum atomic E-state index is 9.01. The number of hydrogen-bond acceptors (Lipinski definition) is 1. The fourth-order valence-corrected chi connectivity index (χ4v) is 1.04. The summed E-state index contributed by atoms with van der Waals surface area (Å²) >= 11 is 0. The van der Waals surface area contributed by atoms with E-state index < -0.39 is 0 Å². The Morgan fingerprint density at radius 1 is 1.27 bits per heavy atom. The zero-order valence-corrected chi connectivity index (χ0v) is 7.04. The monoisotopic (exact) mass is 150 g/mol. The highest BCUT2D eigenvalue weighted by atomic mass is 16.3. The van der Waals surface area contributed by atoms with Crippen LogP contribution in [0.5, 0.6) is 5.75 Å². The Bertz CT molecular complexity index is 213. The van der Waals surface area contributed by atoms with Gasteiger partial charge in [0.25, 0.3) is 0 Å². The number of phenolic OH excluding ortho intramolecular Hbond substituents is 1. The second kappa shape index (κ2) is 3.42. The summed E-state index contributed by atoms with van der Waals surface area (Å²) < 4.78 is 0. The van der Waals surface area contributed by atoms with Crippen LogP contribution in [0.4, 0.5) is 0 Å². The van der Waals surface area contributed by atoms with Crippen molar-refractivity contribution in [2.45, 2.75) is 26.2 Å². The molecule has 1 aromatic carbocycles. The highest BCUT2D eigenvalue weighted by Crippen LogP contribution is 2.20. The lowest BCUT2D eigenvalue weighted by molar-refractivity contribution is 0.475. The predicted molar refractivity (Wildman–Crippen MR) is 46.8 cm³/mol. The van der Waals surface area contributed by atoms with Crippen molar-refractivity contribution < 1.29 is 5.11 Å². The van der Waals surface area contributed by atoms with Gasteiger partial charge < -0.3 is 5.11 Å². The van der Waals surface area contributed by atoms with Gasteiger partial charge >= 0.3 is 0 Å². The molecule has 0 aliphatic carbocycles. The fourth-order valence-electron chi connectivity index (χ4n) is 1.04. The van der Waals surface area contributed by atoms with E-state index in [0.717, 1.165) is 6.42 Å². The van der Waals surface area contributed by atoms with E-state index in [0.29, 0.717) is 11.7 Å². The van der Waals surface area contributed by atoms with Crippen molar-refractivity contribution in [3.8, 4) is 5.75 Å². The minimum atomic E-state index is 0.344. The average Bonchev–Trinajstić information content (AvgIpc) is 2.05. The second-order valence-electron chi connectivity index (χ2n) is 2.90. The van der Waals surface area contributed by atoms with Crippen molar-refractivity contribution in [2.75, 3.05) is 0 Å². The molecular formula is C10H14O. The third kappa shape index (κ3) is 1.97. The first-order valence-corrected chi connectivity index (χ1v) is 4.03. The summed E-state index contributed by atoms with van der Waals surface area (Å²) in [5.41, 5.74) is 1.30. The van der Waals surface area contributed by atoms with E-state index in [4.69, 9.17) is 5.11 Å². The fraction of sp³-hybridized carbons (Fsp3) is 0.400. The summed E-state index contributed by atoms with van der Waals surface area (Å²) in [6, 6.07) is 7.43. The topological polar surface area (TPSA) is 20.2 Å². The third-order valence-electron chi connectivity index (χ3n) is 2.07. The van der Waals surface area contributed by atoms with Crippen LogP contribution < -0.4 is 0 Å². The molecule has 0 aliphatic heterocycles. The van der Waals surface area contributed by atoms with Crippen molar-refractivity contribution in [3.63, 3.8) is 0 Å². The lowest BCUT2D eigenvalue weighted by Gasteiger charge is -2.07. The highest BCUT2D eigenvalue weighted by molar-refractivity contribution is 5.27. The van der Waals surface area contributed by atoms with Gasteiger partial charge in [0.15, 0.2) is 0 Å². The van der Waals surface area contributed by atoms with Gasteiger partial charge in [0.2, 0.25) is 0 Å². The van der Waals surface area contributed by atoms with Crippen LogP contribution in [-0.2, 0) is 0 Å². The number of aromatic hydroxyl groups is 1. The SMILES string of the molecule is CC[C@@H](C)c1ccc(O)cc1. The Labute approximate surface area is 67.7 Å². The summed E-state index contributed by atoms with van der Waals surface area (Å²) in [5, 5.41) is 9.01. The lowest BCUT2D eigenvalue weighted by atomic mass is 9.99. The van der Waals surface area contributed by atoms with Crippen LogP contribution in [0, 0.1) is 0 Å². The van der Waals surface area contributed by atoms with Gasteiger partial charge in [0.1, 0.15) is 5.75 Å². The quantitative estimate of drug-likeness (QED) is 0.687. The Kier molecular flexibility index (Phi) is 2.53. The standard InChI is InChI=1S/C10H14O/c1-3-8(2)9-4-6-10(11)7-5-9/h4-8,11H,3H2,1-2H3/t8-/m1/s1. The molecule has 0 amide bonds. The van der Waals surface area contributed by atoms with E-state index in [2.05, 4.69) is 13.8 Å². The molecule has 0 heterocycles. The molecule has 0 unspecified atom stereocenters. The first kappa shape index (κ1) is 8.12. The normalized spacial score (nSPS) is 12.9. The summed E-state index contributed by atoms with van der Waals surface area (Å²) in [6.45, 7) is 4.35. The minimum Gasteiger partial charge on any atom is -0.508 e. The van der Waals surface area contributed by atoms with Gasteiger partial charge in [0, 0.05) is 0 Å². The van der Waals surface area contributed by atoms with Crippen molar-refractivity contribution in [3.05, 3.63) is 29.8 Å². The molecule has 0 saturated carbocycles. The molecule has 1 rings (SSSR count). The third-order valence-corrected chi connectivity index (χ3v) is 2.07. The Balaban J connectivity index is 2.81. The van der Waals surface area contributed by atoms with Crippen molar-refractivity contribution in [1.82, 2.24) is 0 Å². The van der Waals surface area contributed by atoms with Gasteiger partial charge in [0.05, 0.1) is 0 Å². The molecule has 0 saturated heterocycles. The maximum absolute atomic E-state index is 9.01. The van der Waals surface area contributed by atoms with Gasteiger partial charge in [-0.05, 0) is 30.0 Å². The largest absolute Gasteiger partial charge is 0.508 e. The first-order chi connectivity index (χ1) is 5.24. The van der Waals surface area contributed by atoms with Crippen LogP contribution in [0.1, 0.15) is 31.7 Å². The zero-order valence-electron chi connectivity index (χ0n) is 7.04. The number of rotatable bonds is 2. The van der Waals surface area contributed by atoms with Crippen LogP contribution in [0.15, 0.2) is 24.3 Å². The molecule has 0 aromatic heterocycles. The van der Waals surface area contributed by atoms with Crippen molar-refractivity contribution >= 4 is 0 Å². The zero-order chi connectivity index (χ0) is 8.27. The molecule has 0 bridgehead atoms. The number of hydrogen-bond donors (Lipinski definition) is 1. The van der Waals surface area contributed by atoms with E-state index in [1.54, 1.807) is 12.1 Å². The molecule has 0 aliphatic rings. The number of benzene rings is 1. The molecule has 60 valence electrons. The van der Waals surface area contributed by atoms with E-state index in [1.165, 1.54) is 5.56 Å². The summed E-state index contributed by atoms with van der Waals surface area (Å²) in [5.74, 6) is 0.938. The van der Waals surface area contributed by atoms with E-state index in [-0.39, 0.29) is 0 Å². The van der Waals surface area contributed by atoms with Crippen LogP contribution in [0.2, 0.25) is 0 Å². The van der Waals surface area contributed by atoms with Crippen LogP contribution >= 0.6 is 0 Å². The molecule has 1 nitrogen and oxygen atoms in total. The predicted octanol–water partition coefficient (Wildman–Crippen LogP) is 2.91. The molecular weight excluding hydrogens is 136 g/mol. The first-order valence-electron chi connectivity index (χ1n) is 4.03. The second-order valence-corrected chi connectivity index (χ2v) is 2.90. The minimum absolute atomic E-state index is 0.344.